The number of hydrogen-bond acceptors (Lipinski definition) is 5. The van der Waals surface area contributed by atoms with Crippen molar-refractivity contribution < 1.29 is 19.1 Å². The SMILES string of the molecule is COc1ccc(SCC(=O)O[C@H](C)C(=O)N(C)c2ccccc2)cc1. The number of ether oxygens (including phenoxy) is 2. The minimum absolute atomic E-state index is 0.138. The fourth-order valence-electron chi connectivity index (χ4n) is 2.15. The lowest BCUT2D eigenvalue weighted by atomic mass is 10.2. The smallest absolute Gasteiger partial charge is 0.317 e. The van der Waals surface area contributed by atoms with Crippen LogP contribution in [0.1, 0.15) is 6.92 Å². The molecule has 0 heterocycles. The topological polar surface area (TPSA) is 55.8 Å². The molecule has 0 saturated heterocycles. The lowest BCUT2D eigenvalue weighted by Crippen LogP contribution is -2.37. The average Bonchev–Trinajstić information content (AvgIpc) is 2.66. The minimum atomic E-state index is -0.839. The van der Waals surface area contributed by atoms with Gasteiger partial charge in [-0.15, -0.1) is 11.8 Å². The number of benzene rings is 2. The molecule has 0 saturated carbocycles. The summed E-state index contributed by atoms with van der Waals surface area (Å²) in [6, 6.07) is 16.6. The molecular formula is C19H21NO4S. The van der Waals surface area contributed by atoms with Crippen molar-refractivity contribution in [2.75, 3.05) is 24.8 Å². The van der Waals surface area contributed by atoms with Gasteiger partial charge in [0, 0.05) is 17.6 Å². The maximum absolute atomic E-state index is 12.4. The van der Waals surface area contributed by atoms with Gasteiger partial charge in [-0.3, -0.25) is 9.59 Å². The van der Waals surface area contributed by atoms with Gasteiger partial charge in [0.05, 0.1) is 12.9 Å². The number of methoxy groups -OCH3 is 1. The first-order chi connectivity index (χ1) is 12.0. The number of hydrogen-bond donors (Lipinski definition) is 0. The van der Waals surface area contributed by atoms with Crippen molar-refractivity contribution in [2.45, 2.75) is 17.9 Å². The van der Waals surface area contributed by atoms with Gasteiger partial charge >= 0.3 is 5.97 Å². The summed E-state index contributed by atoms with van der Waals surface area (Å²) in [6.07, 6.45) is -0.839. The third-order valence-electron chi connectivity index (χ3n) is 3.55. The number of anilines is 1. The predicted molar refractivity (Wildman–Crippen MR) is 99.1 cm³/mol. The van der Waals surface area contributed by atoms with E-state index in [0.29, 0.717) is 0 Å². The number of likely N-dealkylation sites (N-methyl/N-ethyl adjacent to an activating group) is 1. The van der Waals surface area contributed by atoms with E-state index in [1.165, 1.54) is 16.7 Å². The van der Waals surface area contributed by atoms with Crippen molar-refractivity contribution in [1.29, 1.82) is 0 Å². The van der Waals surface area contributed by atoms with Gasteiger partial charge in [0.2, 0.25) is 0 Å². The highest BCUT2D eigenvalue weighted by Crippen LogP contribution is 2.21. The van der Waals surface area contributed by atoms with Crippen LogP contribution in [-0.4, -0.2) is 37.9 Å². The number of carbonyl (C=O) groups excluding carboxylic acids is 2. The van der Waals surface area contributed by atoms with E-state index in [0.717, 1.165) is 16.3 Å². The molecule has 5 nitrogen and oxygen atoms in total. The monoisotopic (exact) mass is 359 g/mol. The second kappa shape index (κ2) is 9.13. The van der Waals surface area contributed by atoms with Crippen LogP contribution in [0, 0.1) is 0 Å². The second-order valence-corrected chi connectivity index (χ2v) is 6.38. The third kappa shape index (κ3) is 5.53. The average molecular weight is 359 g/mol. The van der Waals surface area contributed by atoms with Crippen molar-refractivity contribution in [2.24, 2.45) is 0 Å². The Morgan fingerprint density at radius 1 is 1.08 bits per heavy atom. The molecule has 0 unspecified atom stereocenters. The zero-order chi connectivity index (χ0) is 18.2. The van der Waals surface area contributed by atoms with Crippen LogP contribution in [0.2, 0.25) is 0 Å². The van der Waals surface area contributed by atoms with Gasteiger partial charge in [-0.2, -0.15) is 0 Å². The zero-order valence-electron chi connectivity index (χ0n) is 14.5. The van der Waals surface area contributed by atoms with Crippen LogP contribution in [0.4, 0.5) is 5.69 Å². The summed E-state index contributed by atoms with van der Waals surface area (Å²) in [4.78, 5) is 26.7. The summed E-state index contributed by atoms with van der Waals surface area (Å²) in [7, 11) is 3.26. The number of amides is 1. The van der Waals surface area contributed by atoms with Crippen LogP contribution in [0.15, 0.2) is 59.5 Å². The van der Waals surface area contributed by atoms with Crippen molar-refractivity contribution in [3.05, 3.63) is 54.6 Å². The van der Waals surface area contributed by atoms with Crippen molar-refractivity contribution in [1.82, 2.24) is 0 Å². The Labute approximate surface area is 151 Å². The summed E-state index contributed by atoms with van der Waals surface area (Å²) < 4.78 is 10.3. The van der Waals surface area contributed by atoms with Crippen LogP contribution in [-0.2, 0) is 14.3 Å². The number of para-hydroxylation sites is 1. The van der Waals surface area contributed by atoms with Crippen molar-refractivity contribution >= 4 is 29.3 Å². The van der Waals surface area contributed by atoms with Crippen molar-refractivity contribution in [3.63, 3.8) is 0 Å². The molecule has 0 spiro atoms. The van der Waals surface area contributed by atoms with E-state index in [1.54, 1.807) is 21.1 Å². The molecule has 2 aromatic rings. The molecule has 2 aromatic carbocycles. The first-order valence-corrected chi connectivity index (χ1v) is 8.78. The quantitative estimate of drug-likeness (QED) is 0.560. The second-order valence-electron chi connectivity index (χ2n) is 5.33. The zero-order valence-corrected chi connectivity index (χ0v) is 15.3. The summed E-state index contributed by atoms with van der Waals surface area (Å²) in [5.74, 6) is 0.200. The third-order valence-corrected chi connectivity index (χ3v) is 4.53. The predicted octanol–water partition coefficient (Wildman–Crippen LogP) is 3.38. The van der Waals surface area contributed by atoms with Crippen LogP contribution in [0.25, 0.3) is 0 Å². The molecule has 0 bridgehead atoms. The van der Waals surface area contributed by atoms with E-state index in [2.05, 4.69) is 0 Å². The molecule has 1 amide bonds. The highest BCUT2D eigenvalue weighted by Gasteiger charge is 2.22. The highest BCUT2D eigenvalue weighted by atomic mass is 32.2. The number of thioether (sulfide) groups is 1. The Hall–Kier alpha value is -2.47. The van der Waals surface area contributed by atoms with Gasteiger partial charge in [0.15, 0.2) is 6.10 Å². The lowest BCUT2D eigenvalue weighted by molar-refractivity contribution is -0.151. The molecule has 0 radical (unpaired) electrons. The molecular weight excluding hydrogens is 338 g/mol. The summed E-state index contributed by atoms with van der Waals surface area (Å²) >= 11 is 1.35. The van der Waals surface area contributed by atoms with Gasteiger partial charge in [-0.05, 0) is 43.3 Å². The van der Waals surface area contributed by atoms with Crippen LogP contribution in [0.3, 0.4) is 0 Å². The van der Waals surface area contributed by atoms with Crippen LogP contribution >= 0.6 is 11.8 Å². The largest absolute Gasteiger partial charge is 0.497 e. The molecule has 0 aliphatic carbocycles. The molecule has 0 aliphatic rings. The molecule has 6 heteroatoms. The molecule has 1 atom stereocenters. The Morgan fingerprint density at radius 2 is 1.72 bits per heavy atom. The minimum Gasteiger partial charge on any atom is -0.497 e. The van der Waals surface area contributed by atoms with Crippen LogP contribution < -0.4 is 9.64 Å². The number of rotatable bonds is 7. The molecule has 25 heavy (non-hydrogen) atoms. The number of esters is 1. The van der Waals surface area contributed by atoms with Gasteiger partial charge in [0.25, 0.3) is 5.91 Å². The van der Waals surface area contributed by atoms with Gasteiger partial charge in [-0.25, -0.2) is 0 Å². The first kappa shape index (κ1) is 18.9. The van der Waals surface area contributed by atoms with E-state index in [4.69, 9.17) is 9.47 Å². The normalized spacial score (nSPS) is 11.5. The lowest BCUT2D eigenvalue weighted by Gasteiger charge is -2.21. The maximum atomic E-state index is 12.4. The molecule has 0 aliphatic heterocycles. The van der Waals surface area contributed by atoms with E-state index in [1.807, 2.05) is 54.6 Å². The fourth-order valence-corrected chi connectivity index (χ4v) is 2.83. The standard InChI is InChI=1S/C19H21NO4S/c1-14(19(22)20(2)15-7-5-4-6-8-15)24-18(21)13-25-17-11-9-16(23-3)10-12-17/h4-12,14H,13H2,1-3H3/t14-/m1/s1. The molecule has 0 aromatic heterocycles. The Morgan fingerprint density at radius 3 is 2.32 bits per heavy atom. The van der Waals surface area contributed by atoms with E-state index in [9.17, 15) is 9.59 Å². The highest BCUT2D eigenvalue weighted by molar-refractivity contribution is 8.00. The van der Waals surface area contributed by atoms with E-state index >= 15 is 0 Å². The molecule has 0 fully saturated rings. The van der Waals surface area contributed by atoms with E-state index in [-0.39, 0.29) is 11.7 Å². The van der Waals surface area contributed by atoms with Gasteiger partial charge < -0.3 is 14.4 Å². The maximum Gasteiger partial charge on any atom is 0.317 e. The van der Waals surface area contributed by atoms with Crippen molar-refractivity contribution in [3.8, 4) is 5.75 Å². The molecule has 0 N–H and O–H groups in total. The number of nitrogens with zero attached hydrogens (tertiary/aromatic N) is 1. The fraction of sp³-hybridized carbons (Fsp3) is 0.263. The Bertz CT molecular complexity index is 703. The number of carbonyl (C=O) groups is 2. The van der Waals surface area contributed by atoms with Gasteiger partial charge in [-0.1, -0.05) is 18.2 Å². The molecule has 2 rings (SSSR count). The molecule has 132 valence electrons. The first-order valence-electron chi connectivity index (χ1n) is 7.80. The van der Waals surface area contributed by atoms with Crippen LogP contribution in [0.5, 0.6) is 5.75 Å². The summed E-state index contributed by atoms with van der Waals surface area (Å²) in [6.45, 7) is 1.58. The summed E-state index contributed by atoms with van der Waals surface area (Å²) in [5.41, 5.74) is 0.753. The Balaban J connectivity index is 1.83. The Kier molecular flexibility index (Phi) is 6.89. The van der Waals surface area contributed by atoms with E-state index < -0.39 is 12.1 Å². The summed E-state index contributed by atoms with van der Waals surface area (Å²) in [5, 5.41) is 0. The van der Waals surface area contributed by atoms with Gasteiger partial charge in [0.1, 0.15) is 5.75 Å².